The molecule has 0 fully saturated rings. The van der Waals surface area contributed by atoms with Crippen molar-refractivity contribution < 1.29 is 5.11 Å². The van der Waals surface area contributed by atoms with Gasteiger partial charge in [-0.05, 0) is 18.8 Å². The summed E-state index contributed by atoms with van der Waals surface area (Å²) in [5.74, 6) is 0. The number of nitrogens with zero attached hydrogens (tertiary/aromatic N) is 1. The van der Waals surface area contributed by atoms with Crippen molar-refractivity contribution in [2.75, 3.05) is 0 Å². The van der Waals surface area contributed by atoms with Crippen molar-refractivity contribution in [2.24, 2.45) is 5.41 Å². The van der Waals surface area contributed by atoms with Crippen LogP contribution in [0.1, 0.15) is 37.9 Å². The topological polar surface area (TPSA) is 33.1 Å². The fourth-order valence-corrected chi connectivity index (χ4v) is 2.15. The molecule has 0 saturated carbocycles. The molecule has 0 aliphatic carbocycles. The first-order valence-electron chi connectivity index (χ1n) is 4.96. The molecule has 0 amide bonds. The van der Waals surface area contributed by atoms with Crippen LogP contribution in [0.4, 0.5) is 0 Å². The molecule has 2 nitrogen and oxygen atoms in total. The molecule has 1 rings (SSSR count). The highest BCUT2D eigenvalue weighted by molar-refractivity contribution is 7.09. The molecule has 1 aromatic rings. The van der Waals surface area contributed by atoms with Crippen LogP contribution in [0.3, 0.4) is 0 Å². The first kappa shape index (κ1) is 11.7. The van der Waals surface area contributed by atoms with Gasteiger partial charge in [-0.2, -0.15) is 0 Å². The quantitative estimate of drug-likeness (QED) is 0.837. The molecule has 14 heavy (non-hydrogen) atoms. The van der Waals surface area contributed by atoms with Crippen LogP contribution in [0.15, 0.2) is 5.38 Å². The summed E-state index contributed by atoms with van der Waals surface area (Å²) in [6.07, 6.45) is 1.24. The molecule has 1 atom stereocenters. The largest absolute Gasteiger partial charge is 0.393 e. The second-order valence-corrected chi connectivity index (χ2v) is 6.04. The SMILES string of the molecule is Cc1nc(CC(O)CC(C)(C)C)cs1. The van der Waals surface area contributed by atoms with Gasteiger partial charge in [0.15, 0.2) is 0 Å². The van der Waals surface area contributed by atoms with Crippen LogP contribution in [0.2, 0.25) is 0 Å². The number of hydrogen-bond donors (Lipinski definition) is 1. The molecule has 0 radical (unpaired) electrons. The van der Waals surface area contributed by atoms with Gasteiger partial charge in [-0.3, -0.25) is 0 Å². The third-order valence-corrected chi connectivity index (χ3v) is 2.78. The standard InChI is InChI=1S/C11H19NOS/c1-8-12-9(7-14-8)5-10(13)6-11(2,3)4/h7,10,13H,5-6H2,1-4H3. The first-order chi connectivity index (χ1) is 6.37. The van der Waals surface area contributed by atoms with E-state index in [0.29, 0.717) is 6.42 Å². The number of aromatic nitrogens is 1. The Hall–Kier alpha value is -0.410. The van der Waals surface area contributed by atoms with Crippen LogP contribution in [0.5, 0.6) is 0 Å². The minimum Gasteiger partial charge on any atom is -0.393 e. The number of rotatable bonds is 3. The Bertz CT molecular complexity index is 288. The number of aryl methyl sites for hydroxylation is 1. The molecule has 0 bridgehead atoms. The lowest BCUT2D eigenvalue weighted by molar-refractivity contribution is 0.121. The van der Waals surface area contributed by atoms with E-state index in [-0.39, 0.29) is 11.5 Å². The lowest BCUT2D eigenvalue weighted by Gasteiger charge is -2.21. The smallest absolute Gasteiger partial charge is 0.0897 e. The van der Waals surface area contributed by atoms with Gasteiger partial charge in [0.25, 0.3) is 0 Å². The molecule has 0 aliphatic rings. The van der Waals surface area contributed by atoms with Crippen molar-refractivity contribution in [2.45, 2.75) is 46.6 Å². The molecule has 1 unspecified atom stereocenters. The van der Waals surface area contributed by atoms with E-state index in [4.69, 9.17) is 0 Å². The molecule has 0 saturated heterocycles. The zero-order valence-electron chi connectivity index (χ0n) is 9.37. The third kappa shape index (κ3) is 4.20. The minimum atomic E-state index is -0.267. The van der Waals surface area contributed by atoms with Crippen LogP contribution in [0.25, 0.3) is 0 Å². The van der Waals surface area contributed by atoms with E-state index < -0.39 is 0 Å². The van der Waals surface area contributed by atoms with Gasteiger partial charge in [-0.25, -0.2) is 4.98 Å². The molecule has 1 N–H and O–H groups in total. The van der Waals surface area contributed by atoms with Gasteiger partial charge in [0.05, 0.1) is 16.8 Å². The number of thiazole rings is 1. The molecule has 0 aliphatic heterocycles. The second-order valence-electron chi connectivity index (χ2n) is 4.98. The zero-order valence-corrected chi connectivity index (χ0v) is 10.2. The highest BCUT2D eigenvalue weighted by Crippen LogP contribution is 2.22. The fraction of sp³-hybridized carbons (Fsp3) is 0.727. The normalized spacial score (nSPS) is 14.4. The number of aliphatic hydroxyl groups is 1. The average molecular weight is 213 g/mol. The Labute approximate surface area is 90.0 Å². The Balaban J connectivity index is 2.45. The molecule has 0 spiro atoms. The van der Waals surface area contributed by atoms with Crippen LogP contribution in [0, 0.1) is 12.3 Å². The first-order valence-corrected chi connectivity index (χ1v) is 5.84. The van der Waals surface area contributed by atoms with Gasteiger partial charge < -0.3 is 5.11 Å². The van der Waals surface area contributed by atoms with E-state index in [1.807, 2.05) is 12.3 Å². The van der Waals surface area contributed by atoms with Crippen molar-refractivity contribution >= 4 is 11.3 Å². The highest BCUT2D eigenvalue weighted by atomic mass is 32.1. The van der Waals surface area contributed by atoms with Crippen LogP contribution < -0.4 is 0 Å². The number of aliphatic hydroxyl groups excluding tert-OH is 1. The fourth-order valence-electron chi connectivity index (χ4n) is 1.52. The van der Waals surface area contributed by atoms with Gasteiger partial charge in [0, 0.05) is 11.8 Å². The van der Waals surface area contributed by atoms with Crippen LogP contribution in [-0.4, -0.2) is 16.2 Å². The predicted molar refractivity (Wildman–Crippen MR) is 60.6 cm³/mol. The lowest BCUT2D eigenvalue weighted by Crippen LogP contribution is -2.19. The van der Waals surface area contributed by atoms with Gasteiger partial charge in [0.1, 0.15) is 0 Å². The second kappa shape index (κ2) is 4.41. The third-order valence-electron chi connectivity index (χ3n) is 1.96. The Kier molecular flexibility index (Phi) is 3.67. The van der Waals surface area contributed by atoms with E-state index >= 15 is 0 Å². The molecule has 1 aromatic heterocycles. The summed E-state index contributed by atoms with van der Waals surface area (Å²) in [7, 11) is 0. The van der Waals surface area contributed by atoms with Gasteiger partial charge >= 0.3 is 0 Å². The monoisotopic (exact) mass is 213 g/mol. The summed E-state index contributed by atoms with van der Waals surface area (Å²) < 4.78 is 0. The van der Waals surface area contributed by atoms with Crippen molar-refractivity contribution in [1.29, 1.82) is 0 Å². The van der Waals surface area contributed by atoms with E-state index in [9.17, 15) is 5.11 Å². The molecular weight excluding hydrogens is 194 g/mol. The van der Waals surface area contributed by atoms with Crippen LogP contribution in [-0.2, 0) is 6.42 Å². The summed E-state index contributed by atoms with van der Waals surface area (Å²) in [6.45, 7) is 8.41. The summed E-state index contributed by atoms with van der Waals surface area (Å²) in [4.78, 5) is 4.34. The van der Waals surface area contributed by atoms with Gasteiger partial charge in [-0.1, -0.05) is 20.8 Å². The van der Waals surface area contributed by atoms with Crippen molar-refractivity contribution in [3.63, 3.8) is 0 Å². The minimum absolute atomic E-state index is 0.185. The molecule has 1 heterocycles. The summed E-state index contributed by atoms with van der Waals surface area (Å²) in [5, 5.41) is 12.9. The van der Waals surface area contributed by atoms with Crippen molar-refractivity contribution in [3.05, 3.63) is 16.1 Å². The van der Waals surface area contributed by atoms with Crippen molar-refractivity contribution in [1.82, 2.24) is 4.98 Å². The Morgan fingerprint density at radius 1 is 1.50 bits per heavy atom. The Morgan fingerprint density at radius 2 is 2.14 bits per heavy atom. The molecule has 3 heteroatoms. The summed E-state index contributed by atoms with van der Waals surface area (Å²) in [5.41, 5.74) is 1.20. The highest BCUT2D eigenvalue weighted by Gasteiger charge is 2.17. The van der Waals surface area contributed by atoms with Crippen LogP contribution >= 0.6 is 11.3 Å². The van der Waals surface area contributed by atoms with Gasteiger partial charge in [-0.15, -0.1) is 11.3 Å². The molecular formula is C11H19NOS. The number of hydrogen-bond acceptors (Lipinski definition) is 3. The average Bonchev–Trinajstić information content (AvgIpc) is 2.30. The lowest BCUT2D eigenvalue weighted by atomic mass is 9.88. The maximum atomic E-state index is 9.81. The van der Waals surface area contributed by atoms with E-state index in [0.717, 1.165) is 17.1 Å². The summed E-state index contributed by atoms with van der Waals surface area (Å²) in [6, 6.07) is 0. The zero-order chi connectivity index (χ0) is 10.8. The van der Waals surface area contributed by atoms with E-state index in [1.54, 1.807) is 11.3 Å². The Morgan fingerprint density at radius 3 is 2.57 bits per heavy atom. The molecule has 0 aromatic carbocycles. The van der Waals surface area contributed by atoms with Crippen molar-refractivity contribution in [3.8, 4) is 0 Å². The predicted octanol–water partition coefficient (Wildman–Crippen LogP) is 2.79. The van der Waals surface area contributed by atoms with Gasteiger partial charge in [0.2, 0.25) is 0 Å². The maximum absolute atomic E-state index is 9.81. The van der Waals surface area contributed by atoms with E-state index in [1.165, 1.54) is 0 Å². The molecule has 80 valence electrons. The maximum Gasteiger partial charge on any atom is 0.0897 e. The summed E-state index contributed by atoms with van der Waals surface area (Å²) >= 11 is 1.64. The van der Waals surface area contributed by atoms with E-state index in [2.05, 4.69) is 25.8 Å².